The zero-order valence-corrected chi connectivity index (χ0v) is 12.3. The van der Waals surface area contributed by atoms with Gasteiger partial charge in [0.2, 0.25) is 0 Å². The number of rotatable bonds is 2. The molecule has 1 aromatic heterocycles. The Morgan fingerprint density at radius 3 is 2.56 bits per heavy atom. The van der Waals surface area contributed by atoms with Crippen molar-refractivity contribution in [2.45, 2.75) is 32.2 Å². The Morgan fingerprint density at radius 2 is 2.00 bits per heavy atom. The highest BCUT2D eigenvalue weighted by Crippen LogP contribution is 2.23. The third-order valence-corrected chi connectivity index (χ3v) is 4.44. The van der Waals surface area contributed by atoms with Crippen molar-refractivity contribution >= 4 is 29.0 Å². The van der Waals surface area contributed by atoms with Gasteiger partial charge in [-0.1, -0.05) is 24.4 Å². The Kier molecular flexibility index (Phi) is 4.89. The number of hydrogen-bond acceptors (Lipinski definition) is 2. The van der Waals surface area contributed by atoms with Crippen molar-refractivity contribution in [1.82, 2.24) is 9.80 Å². The number of hydrogen-bond donors (Lipinski definition) is 0. The average Bonchev–Trinajstić information content (AvgIpc) is 2.62. The van der Waals surface area contributed by atoms with Crippen molar-refractivity contribution in [3.05, 3.63) is 21.3 Å². The van der Waals surface area contributed by atoms with Crippen LogP contribution < -0.4 is 0 Å². The molecule has 0 bridgehead atoms. The standard InChI is InChI=1S/C13H19ClN2OS/c1-15(10-11-6-7-12(14)18-11)13(17)16-8-4-2-3-5-9-16/h6-7H,2-5,8-10H2,1H3. The van der Waals surface area contributed by atoms with Gasteiger partial charge in [-0.3, -0.25) is 0 Å². The molecule has 3 nitrogen and oxygen atoms in total. The summed E-state index contributed by atoms with van der Waals surface area (Å²) in [6.45, 7) is 2.44. The summed E-state index contributed by atoms with van der Waals surface area (Å²) in [6, 6.07) is 4.01. The second-order valence-electron chi connectivity index (χ2n) is 4.75. The highest BCUT2D eigenvalue weighted by molar-refractivity contribution is 7.16. The summed E-state index contributed by atoms with van der Waals surface area (Å²) in [5, 5.41) is 0. The number of nitrogens with zero attached hydrogens (tertiary/aromatic N) is 2. The fourth-order valence-electron chi connectivity index (χ4n) is 2.24. The first kappa shape index (κ1) is 13.7. The first-order chi connectivity index (χ1) is 8.66. The molecule has 0 N–H and O–H groups in total. The molecule has 1 fully saturated rings. The largest absolute Gasteiger partial charge is 0.325 e. The van der Waals surface area contributed by atoms with E-state index in [0.717, 1.165) is 35.1 Å². The number of carbonyl (C=O) groups is 1. The minimum atomic E-state index is 0.140. The van der Waals surface area contributed by atoms with E-state index in [1.807, 2.05) is 24.1 Å². The van der Waals surface area contributed by atoms with Gasteiger partial charge in [0.1, 0.15) is 0 Å². The monoisotopic (exact) mass is 286 g/mol. The first-order valence-electron chi connectivity index (χ1n) is 6.41. The van der Waals surface area contributed by atoms with E-state index in [-0.39, 0.29) is 6.03 Å². The van der Waals surface area contributed by atoms with Crippen molar-refractivity contribution in [2.75, 3.05) is 20.1 Å². The molecular weight excluding hydrogens is 268 g/mol. The van der Waals surface area contributed by atoms with Crippen LogP contribution in [0.3, 0.4) is 0 Å². The van der Waals surface area contributed by atoms with Crippen LogP contribution in [0.4, 0.5) is 4.79 Å². The molecular formula is C13H19ClN2OS. The average molecular weight is 287 g/mol. The molecule has 2 rings (SSSR count). The number of thiophene rings is 1. The van der Waals surface area contributed by atoms with Crippen molar-refractivity contribution in [1.29, 1.82) is 0 Å². The lowest BCUT2D eigenvalue weighted by atomic mass is 10.2. The van der Waals surface area contributed by atoms with E-state index >= 15 is 0 Å². The van der Waals surface area contributed by atoms with E-state index in [9.17, 15) is 4.79 Å². The molecule has 0 spiro atoms. The molecule has 2 amide bonds. The number of amides is 2. The normalized spacial score (nSPS) is 16.4. The van der Waals surface area contributed by atoms with Gasteiger partial charge in [-0.2, -0.15) is 0 Å². The van der Waals surface area contributed by atoms with Crippen LogP contribution in [0.2, 0.25) is 4.34 Å². The molecule has 1 aromatic rings. The zero-order valence-electron chi connectivity index (χ0n) is 10.7. The fourth-order valence-corrected chi connectivity index (χ4v) is 3.38. The summed E-state index contributed by atoms with van der Waals surface area (Å²) in [5.41, 5.74) is 0. The summed E-state index contributed by atoms with van der Waals surface area (Å²) >= 11 is 7.44. The Balaban J connectivity index is 1.91. The smallest absolute Gasteiger partial charge is 0.320 e. The quantitative estimate of drug-likeness (QED) is 0.810. The van der Waals surface area contributed by atoms with Gasteiger partial charge in [0.25, 0.3) is 0 Å². The second kappa shape index (κ2) is 6.43. The van der Waals surface area contributed by atoms with Gasteiger partial charge in [0, 0.05) is 25.0 Å². The third kappa shape index (κ3) is 3.62. The van der Waals surface area contributed by atoms with Crippen LogP contribution in [0.1, 0.15) is 30.6 Å². The predicted octanol–water partition coefficient (Wildman–Crippen LogP) is 3.83. The maximum Gasteiger partial charge on any atom is 0.320 e. The predicted molar refractivity (Wildman–Crippen MR) is 76.2 cm³/mol. The molecule has 1 saturated heterocycles. The Hall–Kier alpha value is -0.740. The highest BCUT2D eigenvalue weighted by Gasteiger charge is 2.19. The Morgan fingerprint density at radius 1 is 1.33 bits per heavy atom. The summed E-state index contributed by atoms with van der Waals surface area (Å²) in [5.74, 6) is 0. The van der Waals surface area contributed by atoms with Crippen LogP contribution in [-0.4, -0.2) is 36.0 Å². The van der Waals surface area contributed by atoms with Crippen LogP contribution in [-0.2, 0) is 6.54 Å². The van der Waals surface area contributed by atoms with E-state index < -0.39 is 0 Å². The van der Waals surface area contributed by atoms with Crippen molar-refractivity contribution in [3.8, 4) is 0 Å². The third-order valence-electron chi connectivity index (χ3n) is 3.22. The highest BCUT2D eigenvalue weighted by atomic mass is 35.5. The van der Waals surface area contributed by atoms with Crippen molar-refractivity contribution in [2.24, 2.45) is 0 Å². The molecule has 0 saturated carbocycles. The molecule has 0 aliphatic carbocycles. The van der Waals surface area contributed by atoms with Gasteiger partial charge >= 0.3 is 6.03 Å². The lowest BCUT2D eigenvalue weighted by Gasteiger charge is -2.26. The molecule has 0 unspecified atom stereocenters. The summed E-state index contributed by atoms with van der Waals surface area (Å²) in [6.07, 6.45) is 4.75. The van der Waals surface area contributed by atoms with Gasteiger partial charge in [0.05, 0.1) is 10.9 Å². The van der Waals surface area contributed by atoms with Gasteiger partial charge in [-0.15, -0.1) is 11.3 Å². The number of carbonyl (C=O) groups excluding carboxylic acids is 1. The van der Waals surface area contributed by atoms with E-state index in [4.69, 9.17) is 11.6 Å². The Bertz CT molecular complexity index is 399. The van der Waals surface area contributed by atoms with Crippen LogP contribution >= 0.6 is 22.9 Å². The van der Waals surface area contributed by atoms with Crippen LogP contribution in [0, 0.1) is 0 Å². The molecule has 5 heteroatoms. The molecule has 1 aliphatic heterocycles. The van der Waals surface area contributed by atoms with Crippen LogP contribution in [0.15, 0.2) is 12.1 Å². The van der Waals surface area contributed by atoms with E-state index in [1.54, 1.807) is 4.90 Å². The van der Waals surface area contributed by atoms with Gasteiger partial charge in [-0.05, 0) is 25.0 Å². The van der Waals surface area contributed by atoms with Crippen molar-refractivity contribution in [3.63, 3.8) is 0 Å². The molecule has 0 aromatic carbocycles. The van der Waals surface area contributed by atoms with E-state index in [1.165, 1.54) is 24.2 Å². The lowest BCUT2D eigenvalue weighted by molar-refractivity contribution is 0.163. The van der Waals surface area contributed by atoms with Gasteiger partial charge in [-0.25, -0.2) is 4.79 Å². The fraction of sp³-hybridized carbons (Fsp3) is 0.615. The molecule has 0 atom stereocenters. The van der Waals surface area contributed by atoms with Crippen molar-refractivity contribution < 1.29 is 4.79 Å². The second-order valence-corrected chi connectivity index (χ2v) is 6.55. The molecule has 100 valence electrons. The summed E-state index contributed by atoms with van der Waals surface area (Å²) in [7, 11) is 1.86. The van der Waals surface area contributed by atoms with Crippen LogP contribution in [0.25, 0.3) is 0 Å². The maximum absolute atomic E-state index is 12.3. The number of likely N-dealkylation sites (tertiary alicyclic amines) is 1. The first-order valence-corrected chi connectivity index (χ1v) is 7.60. The molecule has 18 heavy (non-hydrogen) atoms. The summed E-state index contributed by atoms with van der Waals surface area (Å²) in [4.78, 5) is 17.2. The molecule has 2 heterocycles. The molecule has 0 radical (unpaired) electrons. The summed E-state index contributed by atoms with van der Waals surface area (Å²) < 4.78 is 0.778. The maximum atomic E-state index is 12.3. The van der Waals surface area contributed by atoms with Crippen LogP contribution in [0.5, 0.6) is 0 Å². The van der Waals surface area contributed by atoms with Gasteiger partial charge < -0.3 is 9.80 Å². The van der Waals surface area contributed by atoms with Gasteiger partial charge in [0.15, 0.2) is 0 Å². The zero-order chi connectivity index (χ0) is 13.0. The Labute approximate surface area is 117 Å². The minimum absolute atomic E-state index is 0.140. The number of urea groups is 1. The number of halogens is 1. The molecule has 1 aliphatic rings. The van der Waals surface area contributed by atoms with E-state index in [2.05, 4.69) is 0 Å². The SMILES string of the molecule is CN(Cc1ccc(Cl)s1)C(=O)N1CCCCCC1. The minimum Gasteiger partial charge on any atom is -0.325 e. The van der Waals surface area contributed by atoms with E-state index in [0.29, 0.717) is 6.54 Å². The lowest BCUT2D eigenvalue weighted by Crippen LogP contribution is -2.41. The topological polar surface area (TPSA) is 23.6 Å².